The fourth-order valence-electron chi connectivity index (χ4n) is 2.31. The van der Waals surface area contributed by atoms with Crippen LogP contribution in [0.2, 0.25) is 5.02 Å². The van der Waals surface area contributed by atoms with Gasteiger partial charge in [0.1, 0.15) is 0 Å². The standard InChI is InChI=1S/C14H26ClN3O/c1-5-8-16-13(12(7-3)19-4)14-11(15)10-17-18(14)9-6-2/h10,12-13,16H,5-9H2,1-4H3. The number of aromatic nitrogens is 2. The molecule has 2 unspecified atom stereocenters. The number of rotatable bonds is 9. The molecule has 0 aliphatic carbocycles. The van der Waals surface area contributed by atoms with Crippen molar-refractivity contribution in [1.29, 1.82) is 0 Å². The Kier molecular flexibility index (Phi) is 7.42. The van der Waals surface area contributed by atoms with Crippen LogP contribution in [0.3, 0.4) is 0 Å². The van der Waals surface area contributed by atoms with Gasteiger partial charge in [-0.3, -0.25) is 4.68 Å². The van der Waals surface area contributed by atoms with Crippen LogP contribution in [0.4, 0.5) is 0 Å². The number of nitrogens with zero attached hydrogens (tertiary/aromatic N) is 2. The Bertz CT molecular complexity index is 364. The van der Waals surface area contributed by atoms with Crippen molar-refractivity contribution >= 4 is 11.6 Å². The van der Waals surface area contributed by atoms with Crippen molar-refractivity contribution in [2.24, 2.45) is 0 Å². The molecule has 0 amide bonds. The number of nitrogens with one attached hydrogen (secondary N) is 1. The summed E-state index contributed by atoms with van der Waals surface area (Å²) >= 11 is 6.33. The molecule has 4 nitrogen and oxygen atoms in total. The molecule has 5 heteroatoms. The molecule has 19 heavy (non-hydrogen) atoms. The highest BCUT2D eigenvalue weighted by Gasteiger charge is 2.26. The van der Waals surface area contributed by atoms with E-state index in [-0.39, 0.29) is 12.1 Å². The normalized spacial score (nSPS) is 14.6. The minimum Gasteiger partial charge on any atom is -0.379 e. The van der Waals surface area contributed by atoms with E-state index in [2.05, 4.69) is 31.2 Å². The zero-order chi connectivity index (χ0) is 14.3. The largest absolute Gasteiger partial charge is 0.379 e. The molecule has 1 heterocycles. The lowest BCUT2D eigenvalue weighted by molar-refractivity contribution is 0.0622. The van der Waals surface area contributed by atoms with Gasteiger partial charge in [0.05, 0.1) is 29.1 Å². The van der Waals surface area contributed by atoms with Crippen molar-refractivity contribution in [3.63, 3.8) is 0 Å². The molecule has 2 atom stereocenters. The van der Waals surface area contributed by atoms with Crippen molar-refractivity contribution in [1.82, 2.24) is 15.1 Å². The molecule has 0 radical (unpaired) electrons. The first-order valence-corrected chi connectivity index (χ1v) is 7.54. The van der Waals surface area contributed by atoms with Crippen LogP contribution in [0, 0.1) is 0 Å². The quantitative estimate of drug-likeness (QED) is 0.756. The first-order valence-electron chi connectivity index (χ1n) is 7.16. The second-order valence-corrected chi connectivity index (χ2v) is 5.12. The predicted octanol–water partition coefficient (Wildman–Crippen LogP) is 3.41. The van der Waals surface area contributed by atoms with Crippen molar-refractivity contribution in [3.8, 4) is 0 Å². The molecule has 0 aliphatic rings. The van der Waals surface area contributed by atoms with E-state index in [9.17, 15) is 0 Å². The Hall–Kier alpha value is -0.580. The van der Waals surface area contributed by atoms with E-state index < -0.39 is 0 Å². The van der Waals surface area contributed by atoms with Gasteiger partial charge in [-0.1, -0.05) is 32.4 Å². The van der Waals surface area contributed by atoms with E-state index in [1.165, 1.54) is 0 Å². The topological polar surface area (TPSA) is 39.1 Å². The van der Waals surface area contributed by atoms with Crippen molar-refractivity contribution in [3.05, 3.63) is 16.9 Å². The Labute approximate surface area is 121 Å². The highest BCUT2D eigenvalue weighted by atomic mass is 35.5. The average molecular weight is 288 g/mol. The van der Waals surface area contributed by atoms with E-state index in [4.69, 9.17) is 16.3 Å². The average Bonchev–Trinajstić information content (AvgIpc) is 2.76. The summed E-state index contributed by atoms with van der Waals surface area (Å²) in [4.78, 5) is 0. The maximum atomic E-state index is 6.33. The molecule has 0 aromatic carbocycles. The lowest BCUT2D eigenvalue weighted by Gasteiger charge is -2.27. The molecule has 0 saturated heterocycles. The summed E-state index contributed by atoms with van der Waals surface area (Å²) in [5.41, 5.74) is 1.05. The Balaban J connectivity index is 3.04. The molecule has 1 rings (SSSR count). The highest BCUT2D eigenvalue weighted by molar-refractivity contribution is 6.31. The summed E-state index contributed by atoms with van der Waals surface area (Å²) in [6.07, 6.45) is 4.89. The van der Waals surface area contributed by atoms with Crippen LogP contribution in [0.15, 0.2) is 6.20 Å². The van der Waals surface area contributed by atoms with Crippen LogP contribution in [0.25, 0.3) is 0 Å². The van der Waals surface area contributed by atoms with E-state index in [1.54, 1.807) is 13.3 Å². The summed E-state index contributed by atoms with van der Waals surface area (Å²) in [6, 6.07) is 0.0940. The molecule has 0 fully saturated rings. The van der Waals surface area contributed by atoms with Crippen molar-refractivity contribution in [2.45, 2.75) is 58.7 Å². The first-order chi connectivity index (χ1) is 9.19. The summed E-state index contributed by atoms with van der Waals surface area (Å²) < 4.78 is 7.61. The van der Waals surface area contributed by atoms with Gasteiger partial charge in [0.25, 0.3) is 0 Å². The van der Waals surface area contributed by atoms with Crippen LogP contribution in [0.1, 0.15) is 51.8 Å². The number of methoxy groups -OCH3 is 1. The van der Waals surface area contributed by atoms with Crippen molar-refractivity contribution in [2.75, 3.05) is 13.7 Å². The van der Waals surface area contributed by atoms with Gasteiger partial charge in [0, 0.05) is 13.7 Å². The van der Waals surface area contributed by atoms with E-state index >= 15 is 0 Å². The first kappa shape index (κ1) is 16.5. The summed E-state index contributed by atoms with van der Waals surface area (Å²) in [5.74, 6) is 0. The Morgan fingerprint density at radius 3 is 2.63 bits per heavy atom. The van der Waals surface area contributed by atoms with Crippen LogP contribution < -0.4 is 5.32 Å². The van der Waals surface area contributed by atoms with Gasteiger partial charge in [-0.05, 0) is 25.8 Å². The van der Waals surface area contributed by atoms with Crippen molar-refractivity contribution < 1.29 is 4.74 Å². The van der Waals surface area contributed by atoms with Crippen LogP contribution in [-0.2, 0) is 11.3 Å². The second-order valence-electron chi connectivity index (χ2n) is 4.72. The molecule has 110 valence electrons. The summed E-state index contributed by atoms with van der Waals surface area (Å²) in [5, 5.41) is 8.64. The number of ether oxygens (including phenoxy) is 1. The van der Waals surface area contributed by atoms with Gasteiger partial charge >= 0.3 is 0 Å². The number of halogens is 1. The molecule has 1 aromatic heterocycles. The Morgan fingerprint density at radius 2 is 2.11 bits per heavy atom. The smallest absolute Gasteiger partial charge is 0.0835 e. The van der Waals surface area contributed by atoms with Gasteiger partial charge < -0.3 is 10.1 Å². The third-order valence-corrected chi connectivity index (χ3v) is 3.55. The molecule has 1 N–H and O–H groups in total. The van der Waals surface area contributed by atoms with E-state index in [0.717, 1.165) is 43.1 Å². The second kappa shape index (κ2) is 8.56. The third-order valence-electron chi connectivity index (χ3n) is 3.25. The molecular weight excluding hydrogens is 262 g/mol. The molecule has 0 aliphatic heterocycles. The maximum absolute atomic E-state index is 6.33. The monoisotopic (exact) mass is 287 g/mol. The lowest BCUT2D eigenvalue weighted by atomic mass is 10.0. The SMILES string of the molecule is CCCNC(c1c(Cl)cnn1CCC)C(CC)OC. The fraction of sp³-hybridized carbons (Fsp3) is 0.786. The zero-order valence-corrected chi connectivity index (χ0v) is 13.2. The highest BCUT2D eigenvalue weighted by Crippen LogP contribution is 2.28. The van der Waals surface area contributed by atoms with Gasteiger partial charge in [0.15, 0.2) is 0 Å². The number of aryl methyl sites for hydroxylation is 1. The van der Waals surface area contributed by atoms with E-state index in [0.29, 0.717) is 0 Å². The zero-order valence-electron chi connectivity index (χ0n) is 12.4. The van der Waals surface area contributed by atoms with Crippen LogP contribution in [-0.4, -0.2) is 29.5 Å². The Morgan fingerprint density at radius 1 is 1.37 bits per heavy atom. The van der Waals surface area contributed by atoms with Crippen LogP contribution in [0.5, 0.6) is 0 Å². The lowest BCUT2D eigenvalue weighted by Crippen LogP contribution is -2.35. The summed E-state index contributed by atoms with van der Waals surface area (Å²) in [7, 11) is 1.75. The van der Waals surface area contributed by atoms with E-state index in [1.807, 2.05) is 4.68 Å². The molecule has 1 aromatic rings. The van der Waals surface area contributed by atoms with Gasteiger partial charge in [0.2, 0.25) is 0 Å². The van der Waals surface area contributed by atoms with Crippen LogP contribution >= 0.6 is 11.6 Å². The third kappa shape index (κ3) is 4.20. The summed E-state index contributed by atoms with van der Waals surface area (Å²) in [6.45, 7) is 8.25. The molecule has 0 bridgehead atoms. The number of hydrogen-bond donors (Lipinski definition) is 1. The molecule has 0 saturated carbocycles. The van der Waals surface area contributed by atoms with Gasteiger partial charge in [-0.25, -0.2) is 0 Å². The molecular formula is C14H26ClN3O. The minimum atomic E-state index is 0.0940. The maximum Gasteiger partial charge on any atom is 0.0835 e. The van der Waals surface area contributed by atoms with Gasteiger partial charge in [-0.15, -0.1) is 0 Å². The molecule has 0 spiro atoms. The number of hydrogen-bond acceptors (Lipinski definition) is 3. The fourth-order valence-corrected chi connectivity index (χ4v) is 2.57. The predicted molar refractivity (Wildman–Crippen MR) is 79.7 cm³/mol. The minimum absolute atomic E-state index is 0.0940. The van der Waals surface area contributed by atoms with Gasteiger partial charge in [-0.2, -0.15) is 5.10 Å².